The zero-order chi connectivity index (χ0) is 27.9. The van der Waals surface area contributed by atoms with Crippen LogP contribution in [-0.2, 0) is 4.74 Å². The molecule has 10 heteroatoms. The Bertz CT molecular complexity index is 1330. The first-order valence-electron chi connectivity index (χ1n) is 14.6. The molecule has 6 rings (SSSR count). The van der Waals surface area contributed by atoms with Crippen LogP contribution >= 0.6 is 11.3 Å². The van der Waals surface area contributed by atoms with Gasteiger partial charge in [0.05, 0.1) is 17.7 Å². The number of anilines is 1. The maximum absolute atomic E-state index is 13.1. The summed E-state index contributed by atoms with van der Waals surface area (Å²) in [6.07, 6.45) is 10.5. The lowest BCUT2D eigenvalue weighted by Gasteiger charge is -2.40. The van der Waals surface area contributed by atoms with Crippen molar-refractivity contribution < 1.29 is 9.53 Å². The van der Waals surface area contributed by atoms with E-state index < -0.39 is 5.60 Å². The van der Waals surface area contributed by atoms with E-state index in [-0.39, 0.29) is 18.1 Å². The van der Waals surface area contributed by atoms with Gasteiger partial charge in [0.1, 0.15) is 15.6 Å². The zero-order valence-corrected chi connectivity index (χ0v) is 24.7. The Balaban J connectivity index is 1.12. The smallest absolute Gasteiger partial charge is 0.410 e. The third kappa shape index (κ3) is 6.43. The summed E-state index contributed by atoms with van der Waals surface area (Å²) in [5.74, 6) is 2.09. The molecule has 2 saturated carbocycles. The molecule has 4 heterocycles. The largest absolute Gasteiger partial charge is 0.444 e. The molecule has 0 N–H and O–H groups in total. The fourth-order valence-corrected chi connectivity index (χ4v) is 6.18. The minimum absolute atomic E-state index is 0.0114. The van der Waals surface area contributed by atoms with Crippen LogP contribution in [0.1, 0.15) is 94.3 Å². The Hall–Kier alpha value is -3.14. The van der Waals surface area contributed by atoms with E-state index in [4.69, 9.17) is 4.74 Å². The van der Waals surface area contributed by atoms with Gasteiger partial charge >= 0.3 is 6.09 Å². The lowest BCUT2D eigenvalue weighted by molar-refractivity contribution is 0.0134. The number of aromatic nitrogens is 5. The highest BCUT2D eigenvalue weighted by Gasteiger charge is 2.36. The Labute approximate surface area is 240 Å². The maximum Gasteiger partial charge on any atom is 0.410 e. The number of pyridine rings is 1. The molecule has 1 saturated heterocycles. The third-order valence-electron chi connectivity index (χ3n) is 7.92. The molecule has 212 valence electrons. The van der Waals surface area contributed by atoms with Gasteiger partial charge in [-0.3, -0.25) is 4.98 Å². The van der Waals surface area contributed by atoms with Crippen molar-refractivity contribution in [1.29, 1.82) is 0 Å². The first kappa shape index (κ1) is 27.1. The van der Waals surface area contributed by atoms with Crippen molar-refractivity contribution in [3.63, 3.8) is 0 Å². The molecule has 1 unspecified atom stereocenters. The molecule has 0 radical (unpaired) electrons. The quantitative estimate of drug-likeness (QED) is 0.329. The van der Waals surface area contributed by atoms with Gasteiger partial charge in [0.15, 0.2) is 5.82 Å². The molecular formula is C30H39N7O2S. The number of carbonyl (C=O) groups is 1. The molecule has 9 nitrogen and oxygen atoms in total. The fourth-order valence-electron chi connectivity index (χ4n) is 5.29. The Kier molecular flexibility index (Phi) is 7.46. The molecule has 3 fully saturated rings. The van der Waals surface area contributed by atoms with Gasteiger partial charge in [-0.25, -0.2) is 4.79 Å². The van der Waals surface area contributed by atoms with Crippen LogP contribution in [0, 0.1) is 5.92 Å². The first-order valence-corrected chi connectivity index (χ1v) is 15.4. The molecule has 40 heavy (non-hydrogen) atoms. The van der Waals surface area contributed by atoms with Gasteiger partial charge in [-0.2, -0.15) is 5.10 Å². The fraction of sp³-hybridized carbons (Fsp3) is 0.600. The van der Waals surface area contributed by atoms with Crippen LogP contribution < -0.4 is 4.90 Å². The number of hydrogen-bond acceptors (Lipinski definition) is 9. The van der Waals surface area contributed by atoms with E-state index in [2.05, 4.69) is 43.3 Å². The van der Waals surface area contributed by atoms with E-state index in [0.717, 1.165) is 59.6 Å². The molecule has 0 spiro atoms. The minimum Gasteiger partial charge on any atom is -0.444 e. The average Bonchev–Trinajstić information content (AvgIpc) is 3.89. The van der Waals surface area contributed by atoms with Crippen LogP contribution in [0.25, 0.3) is 10.6 Å². The van der Waals surface area contributed by atoms with Crippen molar-refractivity contribution >= 4 is 23.2 Å². The van der Waals surface area contributed by atoms with E-state index in [1.165, 1.54) is 31.2 Å². The number of nitrogens with zero attached hydrogens (tertiary/aromatic N) is 7. The number of amides is 1. The van der Waals surface area contributed by atoms with Crippen molar-refractivity contribution in [2.24, 2.45) is 5.92 Å². The van der Waals surface area contributed by atoms with Crippen LogP contribution in [0.2, 0.25) is 0 Å². The summed E-state index contributed by atoms with van der Waals surface area (Å²) in [6, 6.07) is 6.40. The van der Waals surface area contributed by atoms with Crippen LogP contribution in [0.5, 0.6) is 0 Å². The summed E-state index contributed by atoms with van der Waals surface area (Å²) in [4.78, 5) is 21.8. The van der Waals surface area contributed by atoms with Crippen LogP contribution in [0.3, 0.4) is 0 Å². The summed E-state index contributed by atoms with van der Waals surface area (Å²) in [5, 5.41) is 20.0. The molecule has 0 aromatic carbocycles. The highest BCUT2D eigenvalue weighted by Crippen LogP contribution is 2.41. The molecule has 3 aromatic heterocycles. The number of rotatable bonds is 8. The Morgan fingerprint density at radius 2 is 1.93 bits per heavy atom. The average molecular weight is 562 g/mol. The van der Waals surface area contributed by atoms with Gasteiger partial charge in [-0.15, -0.1) is 15.3 Å². The first-order chi connectivity index (χ1) is 19.2. The van der Waals surface area contributed by atoms with Crippen LogP contribution in [0.15, 0.2) is 30.6 Å². The molecule has 1 amide bonds. The molecule has 2 aliphatic carbocycles. The SMILES string of the molecule is CC(c1ccc(N2CCC[C@@H](N(CC3CC3)C(=O)OC(C)(C)C)C2)nn1)c1nnc(-c2cncc(C3CC3)c2)s1. The second-order valence-electron chi connectivity index (χ2n) is 12.6. The van der Waals surface area contributed by atoms with Gasteiger partial charge in [0.25, 0.3) is 0 Å². The summed E-state index contributed by atoms with van der Waals surface area (Å²) in [6.45, 7) is 10.3. The molecule has 0 bridgehead atoms. The van der Waals surface area contributed by atoms with Gasteiger partial charge in [-0.1, -0.05) is 18.3 Å². The lowest BCUT2D eigenvalue weighted by Crippen LogP contribution is -2.52. The highest BCUT2D eigenvalue weighted by atomic mass is 32.1. The normalized spacial score (nSPS) is 20.3. The molecule has 2 atom stereocenters. The summed E-state index contributed by atoms with van der Waals surface area (Å²) >= 11 is 1.59. The van der Waals surface area contributed by atoms with Crippen molar-refractivity contribution in [3.8, 4) is 10.6 Å². The van der Waals surface area contributed by atoms with Crippen molar-refractivity contribution in [2.45, 2.75) is 89.7 Å². The van der Waals surface area contributed by atoms with Crippen molar-refractivity contribution in [2.75, 3.05) is 24.5 Å². The molecule has 3 aromatic rings. The van der Waals surface area contributed by atoms with E-state index in [1.807, 2.05) is 50.2 Å². The summed E-state index contributed by atoms with van der Waals surface area (Å²) < 4.78 is 5.78. The van der Waals surface area contributed by atoms with E-state index >= 15 is 0 Å². The summed E-state index contributed by atoms with van der Waals surface area (Å²) in [5.41, 5.74) is 2.69. The van der Waals surface area contributed by atoms with E-state index in [9.17, 15) is 4.79 Å². The number of carbonyl (C=O) groups excluding carboxylic acids is 1. The van der Waals surface area contributed by atoms with E-state index in [1.54, 1.807) is 11.3 Å². The Morgan fingerprint density at radius 3 is 2.62 bits per heavy atom. The van der Waals surface area contributed by atoms with Crippen molar-refractivity contribution in [3.05, 3.63) is 46.9 Å². The van der Waals surface area contributed by atoms with Gasteiger partial charge in [-0.05, 0) is 94.9 Å². The van der Waals surface area contributed by atoms with Crippen LogP contribution in [-0.4, -0.2) is 67.6 Å². The number of ether oxygens (including phenoxy) is 1. The van der Waals surface area contributed by atoms with Gasteiger partial charge < -0.3 is 14.5 Å². The lowest BCUT2D eigenvalue weighted by atomic mass is 10.0. The van der Waals surface area contributed by atoms with Crippen LogP contribution in [0.4, 0.5) is 10.6 Å². The number of piperidine rings is 1. The zero-order valence-electron chi connectivity index (χ0n) is 23.9. The second-order valence-corrected chi connectivity index (χ2v) is 13.6. The monoisotopic (exact) mass is 561 g/mol. The maximum atomic E-state index is 13.1. The van der Waals surface area contributed by atoms with Crippen molar-refractivity contribution in [1.82, 2.24) is 30.3 Å². The van der Waals surface area contributed by atoms with Gasteiger partial charge in [0, 0.05) is 37.6 Å². The predicted octanol–water partition coefficient (Wildman–Crippen LogP) is 6.04. The second kappa shape index (κ2) is 11.0. The number of hydrogen-bond donors (Lipinski definition) is 0. The molecular weight excluding hydrogens is 522 g/mol. The third-order valence-corrected chi connectivity index (χ3v) is 9.08. The van der Waals surface area contributed by atoms with Gasteiger partial charge in [0.2, 0.25) is 0 Å². The minimum atomic E-state index is -0.503. The Morgan fingerprint density at radius 1 is 1.10 bits per heavy atom. The topological polar surface area (TPSA) is 97.2 Å². The highest BCUT2D eigenvalue weighted by molar-refractivity contribution is 7.14. The summed E-state index contributed by atoms with van der Waals surface area (Å²) in [7, 11) is 0. The standard InChI is InChI=1S/C30H39N7O2S/c1-19(27-34-35-28(40-27)23-14-22(15-31-16-23)21-9-10-21)25-11-12-26(33-32-25)36-13-5-6-24(18-36)37(17-20-7-8-20)29(38)39-30(2,3)4/h11-12,14-16,19-21,24H,5-10,13,17-18H2,1-4H3/t19?,24-/m1/s1. The van der Waals surface area contributed by atoms with E-state index in [0.29, 0.717) is 11.8 Å². The molecule has 3 aliphatic rings. The predicted molar refractivity (Wildman–Crippen MR) is 156 cm³/mol. The molecule has 1 aliphatic heterocycles.